The van der Waals surface area contributed by atoms with Gasteiger partial charge in [-0.25, -0.2) is 0 Å². The lowest BCUT2D eigenvalue weighted by molar-refractivity contribution is -0.384. The normalized spacial score (nSPS) is 10.6. The third-order valence-corrected chi connectivity index (χ3v) is 2.62. The van der Waals surface area contributed by atoms with Crippen LogP contribution in [-0.4, -0.2) is 22.5 Å². The van der Waals surface area contributed by atoms with Gasteiger partial charge in [-0.3, -0.25) is 14.9 Å². The highest BCUT2D eigenvalue weighted by Gasteiger charge is 2.27. The number of aliphatic carboxylic acids is 1. The minimum atomic E-state index is -1.05. The predicted octanol–water partition coefficient (Wildman–Crippen LogP) is 1.99. The molecule has 0 fully saturated rings. The molecule has 0 heterocycles. The summed E-state index contributed by atoms with van der Waals surface area (Å²) in [5.41, 5.74) is -0.935. The first kappa shape index (κ1) is 14.4. The first-order chi connectivity index (χ1) is 8.77. The van der Waals surface area contributed by atoms with E-state index in [1.54, 1.807) is 0 Å². The summed E-state index contributed by atoms with van der Waals surface area (Å²) in [6.45, 7) is 3.06. The molecule has 0 atom stereocenters. The molecular weight excluding hydrogens is 250 g/mol. The maximum absolute atomic E-state index is 10.9. The van der Waals surface area contributed by atoms with Gasteiger partial charge in [0, 0.05) is 12.6 Å². The Kier molecular flexibility index (Phi) is 4.07. The summed E-state index contributed by atoms with van der Waals surface area (Å²) in [5, 5.41) is 31.3. The van der Waals surface area contributed by atoms with Crippen molar-refractivity contribution in [2.75, 3.05) is 11.9 Å². The lowest BCUT2D eigenvalue weighted by Crippen LogP contribution is -2.31. The van der Waals surface area contributed by atoms with E-state index < -0.39 is 16.3 Å². The van der Waals surface area contributed by atoms with Gasteiger partial charge >= 0.3 is 5.97 Å². The summed E-state index contributed by atoms with van der Waals surface area (Å²) < 4.78 is 0. The number of carboxylic acids is 1. The van der Waals surface area contributed by atoms with Gasteiger partial charge in [-0.05, 0) is 26.0 Å². The quantitative estimate of drug-likeness (QED) is 0.619. The molecule has 7 heteroatoms. The number of nitro benzene ring substituents is 1. The summed E-state index contributed by atoms with van der Waals surface area (Å²) in [6.07, 6.45) is 0. The number of anilines is 1. The zero-order valence-electron chi connectivity index (χ0n) is 10.5. The second kappa shape index (κ2) is 5.35. The van der Waals surface area contributed by atoms with Crippen molar-refractivity contribution >= 4 is 17.3 Å². The molecular formula is C12H13N3O4. The molecule has 0 radical (unpaired) electrons. The van der Waals surface area contributed by atoms with Crippen molar-refractivity contribution in [1.82, 2.24) is 0 Å². The molecule has 0 unspecified atom stereocenters. The van der Waals surface area contributed by atoms with Crippen molar-refractivity contribution in [2.24, 2.45) is 5.41 Å². The average Bonchev–Trinajstić information content (AvgIpc) is 2.35. The van der Waals surface area contributed by atoms with Gasteiger partial charge in [0.2, 0.25) is 0 Å². The summed E-state index contributed by atoms with van der Waals surface area (Å²) in [6, 6.07) is 5.79. The Bertz CT molecular complexity index is 561. The Hall–Kier alpha value is -2.62. The molecule has 0 aliphatic heterocycles. The largest absolute Gasteiger partial charge is 0.481 e. The minimum Gasteiger partial charge on any atom is -0.481 e. The Labute approximate surface area is 109 Å². The van der Waals surface area contributed by atoms with Crippen LogP contribution in [0, 0.1) is 26.9 Å². The summed E-state index contributed by atoms with van der Waals surface area (Å²) in [7, 11) is 0. The molecule has 2 N–H and O–H groups in total. The summed E-state index contributed by atoms with van der Waals surface area (Å²) in [5.74, 6) is -1.00. The van der Waals surface area contributed by atoms with Gasteiger partial charge in [-0.1, -0.05) is 0 Å². The van der Waals surface area contributed by atoms with Gasteiger partial charge in [-0.2, -0.15) is 5.26 Å². The number of nitriles is 1. The maximum Gasteiger partial charge on any atom is 0.310 e. The van der Waals surface area contributed by atoms with E-state index in [1.165, 1.54) is 26.0 Å². The topological polar surface area (TPSA) is 116 Å². The summed E-state index contributed by atoms with van der Waals surface area (Å²) in [4.78, 5) is 21.2. The van der Waals surface area contributed by atoms with E-state index in [1.807, 2.05) is 6.07 Å². The molecule has 0 aliphatic carbocycles. The molecule has 1 aromatic rings. The highest BCUT2D eigenvalue weighted by atomic mass is 16.6. The minimum absolute atomic E-state index is 0.0368. The van der Waals surface area contributed by atoms with Crippen LogP contribution < -0.4 is 5.32 Å². The molecule has 100 valence electrons. The van der Waals surface area contributed by atoms with Crippen LogP contribution in [-0.2, 0) is 4.79 Å². The van der Waals surface area contributed by atoms with E-state index in [-0.39, 0.29) is 23.5 Å². The molecule has 1 rings (SSSR count). The van der Waals surface area contributed by atoms with E-state index in [0.29, 0.717) is 0 Å². The maximum atomic E-state index is 10.9. The van der Waals surface area contributed by atoms with Crippen molar-refractivity contribution < 1.29 is 14.8 Å². The first-order valence-electron chi connectivity index (χ1n) is 5.44. The van der Waals surface area contributed by atoms with E-state index in [4.69, 9.17) is 10.4 Å². The number of hydrogen-bond donors (Lipinski definition) is 2. The second-order valence-electron chi connectivity index (χ2n) is 4.64. The van der Waals surface area contributed by atoms with Gasteiger partial charge in [0.05, 0.1) is 22.0 Å². The monoisotopic (exact) mass is 263 g/mol. The Balaban J connectivity index is 2.99. The van der Waals surface area contributed by atoms with Gasteiger partial charge in [0.1, 0.15) is 5.69 Å². The third kappa shape index (κ3) is 3.42. The Morgan fingerprint density at radius 2 is 2.21 bits per heavy atom. The Morgan fingerprint density at radius 3 is 2.68 bits per heavy atom. The number of nitrogens with one attached hydrogen (secondary N) is 1. The number of nitrogens with zero attached hydrogens (tertiary/aromatic N) is 2. The fourth-order valence-corrected chi connectivity index (χ4v) is 1.29. The number of benzene rings is 1. The van der Waals surface area contributed by atoms with Gasteiger partial charge in [0.15, 0.2) is 0 Å². The van der Waals surface area contributed by atoms with Crippen LogP contribution in [0.15, 0.2) is 18.2 Å². The smallest absolute Gasteiger partial charge is 0.310 e. The fraction of sp³-hybridized carbons (Fsp3) is 0.333. The second-order valence-corrected chi connectivity index (χ2v) is 4.64. The number of nitro groups is 1. The molecule has 0 saturated carbocycles. The fourth-order valence-electron chi connectivity index (χ4n) is 1.29. The van der Waals surface area contributed by atoms with Gasteiger partial charge in [-0.15, -0.1) is 0 Å². The molecule has 7 nitrogen and oxygen atoms in total. The van der Waals surface area contributed by atoms with Crippen molar-refractivity contribution in [3.8, 4) is 6.07 Å². The van der Waals surface area contributed by atoms with Crippen LogP contribution in [0.4, 0.5) is 11.4 Å². The molecule has 1 aromatic carbocycles. The van der Waals surface area contributed by atoms with Crippen LogP contribution in [0.2, 0.25) is 0 Å². The molecule has 0 saturated heterocycles. The standard InChI is InChI=1S/C12H13N3O4/c1-12(2,11(16)17)7-14-9-4-3-8(6-13)5-10(9)15(18)19/h3-5,14H,7H2,1-2H3,(H,16,17). The third-order valence-electron chi connectivity index (χ3n) is 2.62. The van der Waals surface area contributed by atoms with Crippen LogP contribution >= 0.6 is 0 Å². The number of carboxylic acid groups (broad SMARTS) is 1. The van der Waals surface area contributed by atoms with Crippen molar-refractivity contribution in [1.29, 1.82) is 5.26 Å². The van der Waals surface area contributed by atoms with Crippen LogP contribution in [0.3, 0.4) is 0 Å². The first-order valence-corrected chi connectivity index (χ1v) is 5.44. The average molecular weight is 263 g/mol. The molecule has 0 aromatic heterocycles. The lowest BCUT2D eigenvalue weighted by atomic mass is 9.94. The number of carbonyl (C=O) groups is 1. The van der Waals surface area contributed by atoms with Crippen LogP contribution in [0.25, 0.3) is 0 Å². The van der Waals surface area contributed by atoms with Crippen molar-refractivity contribution in [3.05, 3.63) is 33.9 Å². The molecule has 19 heavy (non-hydrogen) atoms. The van der Waals surface area contributed by atoms with Crippen LogP contribution in [0.1, 0.15) is 19.4 Å². The Morgan fingerprint density at radius 1 is 1.58 bits per heavy atom. The lowest BCUT2D eigenvalue weighted by Gasteiger charge is -2.20. The zero-order chi connectivity index (χ0) is 14.6. The van der Waals surface area contributed by atoms with E-state index in [2.05, 4.69) is 5.32 Å². The predicted molar refractivity (Wildman–Crippen MR) is 67.7 cm³/mol. The van der Waals surface area contributed by atoms with E-state index in [9.17, 15) is 14.9 Å². The van der Waals surface area contributed by atoms with Crippen LogP contribution in [0.5, 0.6) is 0 Å². The highest BCUT2D eigenvalue weighted by molar-refractivity contribution is 5.75. The van der Waals surface area contributed by atoms with Gasteiger partial charge < -0.3 is 10.4 Å². The highest BCUT2D eigenvalue weighted by Crippen LogP contribution is 2.27. The molecule has 0 bridgehead atoms. The van der Waals surface area contributed by atoms with Crippen molar-refractivity contribution in [2.45, 2.75) is 13.8 Å². The molecule has 0 amide bonds. The molecule has 0 spiro atoms. The number of rotatable bonds is 5. The number of hydrogen-bond acceptors (Lipinski definition) is 5. The van der Waals surface area contributed by atoms with E-state index >= 15 is 0 Å². The SMILES string of the molecule is CC(C)(CNc1ccc(C#N)cc1[N+](=O)[O-])C(=O)O. The van der Waals surface area contributed by atoms with Gasteiger partial charge in [0.25, 0.3) is 5.69 Å². The zero-order valence-corrected chi connectivity index (χ0v) is 10.5. The van der Waals surface area contributed by atoms with Crippen molar-refractivity contribution in [3.63, 3.8) is 0 Å². The molecule has 0 aliphatic rings. The van der Waals surface area contributed by atoms with E-state index in [0.717, 1.165) is 6.07 Å². The summed E-state index contributed by atoms with van der Waals surface area (Å²) >= 11 is 0.